The number of nitrogens with zero attached hydrogens (tertiary/aromatic N) is 1. The average molecular weight is 306 g/mol. The minimum Gasteiger partial charge on any atom is -0.401 e. The molecule has 4 nitrogen and oxygen atoms in total. The van der Waals surface area contributed by atoms with Crippen molar-refractivity contribution in [3.63, 3.8) is 0 Å². The number of halogens is 2. The van der Waals surface area contributed by atoms with E-state index >= 15 is 0 Å². The quantitative estimate of drug-likeness (QED) is 0.782. The highest BCUT2D eigenvalue weighted by Gasteiger charge is 2.41. The highest BCUT2D eigenvalue weighted by atomic mass is 35.5. The van der Waals surface area contributed by atoms with Crippen molar-refractivity contribution in [2.45, 2.75) is 6.92 Å². The summed E-state index contributed by atoms with van der Waals surface area (Å²) in [6.45, 7) is 1.91. The Labute approximate surface area is 115 Å². The van der Waals surface area contributed by atoms with Crippen LogP contribution in [-0.2, 0) is 13.6 Å². The molecule has 1 aliphatic rings. The van der Waals surface area contributed by atoms with Gasteiger partial charge in [0.1, 0.15) is 4.49 Å². The van der Waals surface area contributed by atoms with Crippen LogP contribution < -0.4 is 0 Å². The van der Waals surface area contributed by atoms with E-state index in [9.17, 15) is 4.57 Å². The lowest BCUT2D eigenvalue weighted by Gasteiger charge is -2.11. The maximum absolute atomic E-state index is 12.4. The van der Waals surface area contributed by atoms with Gasteiger partial charge in [-0.05, 0) is 19.1 Å². The summed E-state index contributed by atoms with van der Waals surface area (Å²) in [6.07, 6.45) is 0. The van der Waals surface area contributed by atoms with Crippen LogP contribution in [0.3, 0.4) is 0 Å². The van der Waals surface area contributed by atoms with E-state index in [0.717, 1.165) is 0 Å². The normalized spacial score (nSPS) is 22.6. The fraction of sp³-hybridized carbons (Fsp3) is 0.182. The zero-order valence-electron chi connectivity index (χ0n) is 9.47. The Bertz CT molecular complexity index is 553. The summed E-state index contributed by atoms with van der Waals surface area (Å²) in [4.78, 5) is 4.05. The largest absolute Gasteiger partial charge is 0.432 e. The Morgan fingerprint density at radius 1 is 1.39 bits per heavy atom. The van der Waals surface area contributed by atoms with Gasteiger partial charge >= 0.3 is 7.60 Å². The summed E-state index contributed by atoms with van der Waals surface area (Å²) in [5.74, 6) is 0.196. The lowest BCUT2D eigenvalue weighted by Crippen LogP contribution is -2.00. The smallest absolute Gasteiger partial charge is 0.401 e. The van der Waals surface area contributed by atoms with Crippen LogP contribution >= 0.6 is 30.8 Å². The third kappa shape index (κ3) is 2.62. The molecule has 0 unspecified atom stereocenters. The first-order chi connectivity index (χ1) is 8.57. The molecule has 1 heterocycles. The molecule has 2 rings (SSSR count). The number of benzene rings is 1. The van der Waals surface area contributed by atoms with E-state index in [1.54, 1.807) is 19.1 Å². The Morgan fingerprint density at radius 2 is 2.06 bits per heavy atom. The second-order valence-electron chi connectivity index (χ2n) is 3.37. The van der Waals surface area contributed by atoms with Gasteiger partial charge in [-0.25, -0.2) is 9.56 Å². The maximum atomic E-state index is 12.4. The first kappa shape index (κ1) is 13.6. The molecule has 0 spiro atoms. The summed E-state index contributed by atoms with van der Waals surface area (Å²) < 4.78 is 22.6. The average Bonchev–Trinajstić information content (AvgIpc) is 2.69. The summed E-state index contributed by atoms with van der Waals surface area (Å²) in [7, 11) is -3.55. The summed E-state index contributed by atoms with van der Waals surface area (Å²) in [6, 6.07) is 9.04. The summed E-state index contributed by atoms with van der Waals surface area (Å²) in [5, 5.41) is 0. The van der Waals surface area contributed by atoms with Gasteiger partial charge in [0.25, 0.3) is 0 Å². The van der Waals surface area contributed by atoms with Gasteiger partial charge in [0.05, 0.1) is 6.61 Å². The molecule has 0 aliphatic carbocycles. The molecule has 0 bridgehead atoms. The predicted molar refractivity (Wildman–Crippen MR) is 72.0 cm³/mol. The molecule has 1 aliphatic heterocycles. The van der Waals surface area contributed by atoms with Gasteiger partial charge < -0.3 is 4.52 Å². The fourth-order valence-corrected chi connectivity index (χ4v) is 3.54. The van der Waals surface area contributed by atoms with Crippen LogP contribution in [0.1, 0.15) is 12.5 Å². The van der Waals surface area contributed by atoms with Crippen molar-refractivity contribution in [2.24, 2.45) is 4.99 Å². The standard InChI is InChI=1S/C11H10Cl2NO3P/c1-2-16-18(15)11(9(12)13)14-10(17-18)8-6-4-3-5-7-8/h3-7H,2H2,1H3/t18-/m0/s1. The molecule has 0 radical (unpaired) electrons. The van der Waals surface area contributed by atoms with E-state index in [-0.39, 0.29) is 22.4 Å². The lowest BCUT2D eigenvalue weighted by atomic mass is 10.2. The van der Waals surface area contributed by atoms with Crippen molar-refractivity contribution in [2.75, 3.05) is 6.61 Å². The van der Waals surface area contributed by atoms with E-state index < -0.39 is 7.60 Å². The second-order valence-corrected chi connectivity index (χ2v) is 6.18. The maximum Gasteiger partial charge on any atom is 0.432 e. The molecular weight excluding hydrogens is 296 g/mol. The van der Waals surface area contributed by atoms with Crippen LogP contribution in [0.25, 0.3) is 0 Å². The molecule has 0 saturated carbocycles. The van der Waals surface area contributed by atoms with Gasteiger partial charge in [-0.3, -0.25) is 4.52 Å². The van der Waals surface area contributed by atoms with Gasteiger partial charge in [-0.15, -0.1) is 0 Å². The third-order valence-electron chi connectivity index (χ3n) is 2.16. The van der Waals surface area contributed by atoms with E-state index in [1.807, 2.05) is 18.2 Å². The van der Waals surface area contributed by atoms with Crippen molar-refractivity contribution in [3.8, 4) is 0 Å². The minimum absolute atomic E-state index is 0.0495. The van der Waals surface area contributed by atoms with Crippen molar-refractivity contribution in [3.05, 3.63) is 45.8 Å². The molecule has 18 heavy (non-hydrogen) atoms. The van der Waals surface area contributed by atoms with Crippen LogP contribution in [0, 0.1) is 0 Å². The summed E-state index contributed by atoms with van der Waals surface area (Å²) in [5.41, 5.74) is 0.633. The lowest BCUT2D eigenvalue weighted by molar-refractivity contribution is 0.287. The summed E-state index contributed by atoms with van der Waals surface area (Å²) >= 11 is 11.3. The van der Waals surface area contributed by atoms with Crippen LogP contribution in [0.15, 0.2) is 45.3 Å². The molecule has 0 aromatic heterocycles. The Kier molecular flexibility index (Phi) is 4.13. The Hall–Kier alpha value is -0.800. The molecule has 0 saturated heterocycles. The third-order valence-corrected chi connectivity index (χ3v) is 4.64. The molecule has 1 aromatic carbocycles. The van der Waals surface area contributed by atoms with E-state index in [0.29, 0.717) is 5.56 Å². The van der Waals surface area contributed by atoms with Gasteiger partial charge in [-0.1, -0.05) is 41.4 Å². The van der Waals surface area contributed by atoms with Crippen molar-refractivity contribution >= 4 is 36.7 Å². The highest BCUT2D eigenvalue weighted by Crippen LogP contribution is 2.62. The number of rotatable bonds is 3. The SMILES string of the molecule is CCO[P@]1(=O)OC(c2ccccc2)=NC1=C(Cl)Cl. The van der Waals surface area contributed by atoms with E-state index in [1.165, 1.54) is 0 Å². The number of hydrogen-bond donors (Lipinski definition) is 0. The van der Waals surface area contributed by atoms with Crippen LogP contribution in [0.4, 0.5) is 0 Å². The van der Waals surface area contributed by atoms with Crippen molar-refractivity contribution < 1.29 is 13.6 Å². The van der Waals surface area contributed by atoms with Gasteiger partial charge in [-0.2, -0.15) is 0 Å². The fourth-order valence-electron chi connectivity index (χ4n) is 1.44. The molecule has 0 N–H and O–H groups in total. The monoisotopic (exact) mass is 305 g/mol. The van der Waals surface area contributed by atoms with Crippen LogP contribution in [0.5, 0.6) is 0 Å². The Morgan fingerprint density at radius 3 is 2.61 bits per heavy atom. The van der Waals surface area contributed by atoms with Gasteiger partial charge in [0, 0.05) is 5.56 Å². The van der Waals surface area contributed by atoms with Crippen LogP contribution in [0.2, 0.25) is 0 Å². The molecular formula is C11H10Cl2NO3P. The van der Waals surface area contributed by atoms with Crippen molar-refractivity contribution in [1.82, 2.24) is 0 Å². The predicted octanol–water partition coefficient (Wildman–Crippen LogP) is 4.30. The molecule has 0 amide bonds. The topological polar surface area (TPSA) is 47.9 Å². The number of hydrogen-bond acceptors (Lipinski definition) is 4. The zero-order chi connectivity index (χ0) is 13.2. The molecule has 0 fully saturated rings. The first-order valence-corrected chi connectivity index (χ1v) is 7.51. The molecule has 7 heteroatoms. The Balaban J connectivity index is 2.42. The van der Waals surface area contributed by atoms with E-state index in [2.05, 4.69) is 4.99 Å². The second kappa shape index (κ2) is 5.45. The molecule has 96 valence electrons. The minimum atomic E-state index is -3.55. The number of aliphatic imine (C=N–C) groups is 1. The molecule has 1 aromatic rings. The van der Waals surface area contributed by atoms with Crippen molar-refractivity contribution in [1.29, 1.82) is 0 Å². The highest BCUT2D eigenvalue weighted by molar-refractivity contribution is 7.59. The van der Waals surface area contributed by atoms with Gasteiger partial charge in [0.15, 0.2) is 5.44 Å². The van der Waals surface area contributed by atoms with Gasteiger partial charge in [0.2, 0.25) is 5.90 Å². The molecule has 1 atom stereocenters. The first-order valence-electron chi connectivity index (χ1n) is 5.21. The zero-order valence-corrected chi connectivity index (χ0v) is 11.9. The van der Waals surface area contributed by atoms with E-state index in [4.69, 9.17) is 32.2 Å². The van der Waals surface area contributed by atoms with Crippen LogP contribution in [-0.4, -0.2) is 12.5 Å².